The highest BCUT2D eigenvalue weighted by molar-refractivity contribution is 7.27. The van der Waals surface area contributed by atoms with Crippen LogP contribution in [0.1, 0.15) is 0 Å². The highest BCUT2D eigenvalue weighted by Gasteiger charge is 2.19. The minimum absolute atomic E-state index is 1.25. The molecule has 232 valence electrons. The van der Waals surface area contributed by atoms with Crippen LogP contribution >= 0.6 is 22.7 Å². The summed E-state index contributed by atoms with van der Waals surface area (Å²) in [5.41, 5.74) is 7.73. The van der Waals surface area contributed by atoms with Crippen LogP contribution in [0, 0.1) is 0 Å². The monoisotopic (exact) mass is 668 g/mol. The first kappa shape index (κ1) is 28.1. The van der Waals surface area contributed by atoms with Crippen LogP contribution in [-0.2, 0) is 0 Å². The Morgan fingerprint density at radius 2 is 0.840 bits per heavy atom. The van der Waals surface area contributed by atoms with E-state index in [4.69, 9.17) is 0 Å². The van der Waals surface area contributed by atoms with Gasteiger partial charge < -0.3 is 0 Å². The lowest BCUT2D eigenvalue weighted by molar-refractivity contribution is 1.69. The van der Waals surface area contributed by atoms with Crippen molar-refractivity contribution in [1.29, 1.82) is 0 Å². The van der Waals surface area contributed by atoms with E-state index in [0.717, 1.165) is 0 Å². The molecule has 0 spiro atoms. The second kappa shape index (κ2) is 10.9. The molecule has 0 radical (unpaired) electrons. The van der Waals surface area contributed by atoms with Crippen molar-refractivity contribution >= 4 is 96.0 Å². The van der Waals surface area contributed by atoms with E-state index < -0.39 is 0 Å². The number of thiophene rings is 2. The molecule has 0 atom stereocenters. The second-order valence-electron chi connectivity index (χ2n) is 13.2. The fourth-order valence-corrected chi connectivity index (χ4v) is 10.5. The molecule has 0 unspecified atom stereocenters. The predicted molar refractivity (Wildman–Crippen MR) is 221 cm³/mol. The minimum Gasteiger partial charge on any atom is -0.143 e. The van der Waals surface area contributed by atoms with Crippen molar-refractivity contribution in [3.8, 4) is 33.4 Å². The van der Waals surface area contributed by atoms with Gasteiger partial charge in [0.05, 0.1) is 0 Å². The van der Waals surface area contributed by atoms with Gasteiger partial charge in [-0.1, -0.05) is 140 Å². The maximum atomic E-state index is 2.44. The number of rotatable bonds is 3. The molecule has 50 heavy (non-hydrogen) atoms. The average Bonchev–Trinajstić information content (AvgIpc) is 3.78. The van der Waals surface area contributed by atoms with Crippen LogP contribution in [0.25, 0.3) is 107 Å². The molecule has 9 aromatic carbocycles. The molecule has 0 bridgehead atoms. The molecule has 2 heterocycles. The highest BCUT2D eigenvalue weighted by Crippen LogP contribution is 2.48. The largest absolute Gasteiger partial charge is 0.143 e. The van der Waals surface area contributed by atoms with Crippen molar-refractivity contribution in [3.05, 3.63) is 169 Å². The Morgan fingerprint density at radius 1 is 0.340 bits per heavy atom. The van der Waals surface area contributed by atoms with Crippen molar-refractivity contribution < 1.29 is 0 Å². The van der Waals surface area contributed by atoms with Gasteiger partial charge in [-0.2, -0.15) is 0 Å². The first-order chi connectivity index (χ1) is 24.8. The van der Waals surface area contributed by atoms with Crippen LogP contribution in [0.15, 0.2) is 169 Å². The molecule has 11 aromatic rings. The zero-order chi connectivity index (χ0) is 32.8. The van der Waals surface area contributed by atoms with Gasteiger partial charge in [0, 0.05) is 35.8 Å². The molecule has 0 saturated carbocycles. The summed E-state index contributed by atoms with van der Waals surface area (Å²) in [5.74, 6) is 0. The molecule has 0 aliphatic heterocycles. The Labute approximate surface area is 297 Å². The van der Waals surface area contributed by atoms with Crippen molar-refractivity contribution in [2.24, 2.45) is 0 Å². The molecule has 0 aliphatic carbocycles. The average molecular weight is 669 g/mol. The van der Waals surface area contributed by atoms with Gasteiger partial charge in [0.2, 0.25) is 0 Å². The van der Waals surface area contributed by atoms with Crippen LogP contribution in [0.3, 0.4) is 0 Å². The SMILES string of the molecule is c1ccc2cc(-c3c4ccccc4c(-c4ccc5c(c4)sc4c5ccc5scc(-c6ccc7ccccc7c6)c54)c4ccccc34)ccc2c1. The number of fused-ring (bicyclic) bond motifs is 9. The third-order valence-electron chi connectivity index (χ3n) is 10.5. The van der Waals surface area contributed by atoms with Crippen molar-refractivity contribution in [2.75, 3.05) is 0 Å². The Morgan fingerprint density at radius 3 is 1.48 bits per heavy atom. The number of hydrogen-bond donors (Lipinski definition) is 0. The normalized spacial score (nSPS) is 12.0. The van der Waals surface area contributed by atoms with Gasteiger partial charge in [-0.05, 0) is 101 Å². The maximum absolute atomic E-state index is 2.44. The third-order valence-corrected chi connectivity index (χ3v) is 12.6. The van der Waals surface area contributed by atoms with Gasteiger partial charge >= 0.3 is 0 Å². The first-order valence-electron chi connectivity index (χ1n) is 17.1. The Hall–Kier alpha value is -5.80. The van der Waals surface area contributed by atoms with Gasteiger partial charge in [0.25, 0.3) is 0 Å². The number of hydrogen-bond acceptors (Lipinski definition) is 2. The molecule has 0 saturated heterocycles. The quantitative estimate of drug-likeness (QED) is 0.164. The van der Waals surface area contributed by atoms with E-state index in [1.165, 1.54) is 107 Å². The standard InChI is InChI=1S/C48H28S2/c1-3-11-31-25-33(19-17-29(31)9-1)42-28-49-43-24-23-41-36-22-21-35(27-44(36)50-48(41)47(42)43)46-39-15-7-5-13-37(39)45(38-14-6-8-16-40(38)46)34-20-18-30-10-2-4-12-32(30)26-34/h1-28H. The lowest BCUT2D eigenvalue weighted by Gasteiger charge is -2.18. The van der Waals surface area contributed by atoms with Crippen LogP contribution < -0.4 is 0 Å². The van der Waals surface area contributed by atoms with Crippen molar-refractivity contribution in [3.63, 3.8) is 0 Å². The molecule has 0 fully saturated rings. The van der Waals surface area contributed by atoms with Crippen molar-refractivity contribution in [2.45, 2.75) is 0 Å². The zero-order valence-electron chi connectivity index (χ0n) is 27.0. The van der Waals surface area contributed by atoms with E-state index in [9.17, 15) is 0 Å². The summed E-state index contributed by atoms with van der Waals surface area (Å²) in [6.07, 6.45) is 0. The summed E-state index contributed by atoms with van der Waals surface area (Å²) in [5, 5.41) is 16.6. The summed E-state index contributed by atoms with van der Waals surface area (Å²) >= 11 is 3.78. The molecule has 2 heteroatoms. The van der Waals surface area contributed by atoms with Crippen LogP contribution in [0.2, 0.25) is 0 Å². The first-order valence-corrected chi connectivity index (χ1v) is 18.8. The second-order valence-corrected chi connectivity index (χ2v) is 15.2. The van der Waals surface area contributed by atoms with Crippen LogP contribution in [0.5, 0.6) is 0 Å². The van der Waals surface area contributed by atoms with Gasteiger partial charge in [0.1, 0.15) is 0 Å². The Balaban J connectivity index is 1.14. The summed E-state index contributed by atoms with van der Waals surface area (Å²) < 4.78 is 4.04. The van der Waals surface area contributed by atoms with Gasteiger partial charge in [-0.25, -0.2) is 0 Å². The van der Waals surface area contributed by atoms with Gasteiger partial charge in [-0.15, -0.1) is 22.7 Å². The molecular weight excluding hydrogens is 641 g/mol. The zero-order valence-corrected chi connectivity index (χ0v) is 28.6. The highest BCUT2D eigenvalue weighted by atomic mass is 32.1. The van der Waals surface area contributed by atoms with Crippen LogP contribution in [0.4, 0.5) is 0 Å². The van der Waals surface area contributed by atoms with E-state index >= 15 is 0 Å². The smallest absolute Gasteiger partial charge is 0.0448 e. The molecule has 0 nitrogen and oxygen atoms in total. The summed E-state index contributed by atoms with van der Waals surface area (Å²) in [4.78, 5) is 0. The lowest BCUT2D eigenvalue weighted by Crippen LogP contribution is -1.90. The molecule has 0 aliphatic rings. The predicted octanol–water partition coefficient (Wildman–Crippen LogP) is 14.9. The molecule has 0 N–H and O–H groups in total. The third kappa shape index (κ3) is 4.16. The van der Waals surface area contributed by atoms with E-state index in [-0.39, 0.29) is 0 Å². The van der Waals surface area contributed by atoms with Gasteiger partial charge in [-0.3, -0.25) is 0 Å². The summed E-state index contributed by atoms with van der Waals surface area (Å²) in [6.45, 7) is 0. The van der Waals surface area contributed by atoms with E-state index in [0.29, 0.717) is 0 Å². The van der Waals surface area contributed by atoms with E-state index in [1.54, 1.807) is 0 Å². The number of benzene rings is 9. The maximum Gasteiger partial charge on any atom is 0.0448 e. The Bertz CT molecular complexity index is 3100. The fraction of sp³-hybridized carbons (Fsp3) is 0. The van der Waals surface area contributed by atoms with Gasteiger partial charge in [0.15, 0.2) is 0 Å². The van der Waals surface area contributed by atoms with E-state index in [1.807, 2.05) is 22.7 Å². The molecular formula is C48H28S2. The molecule has 11 rings (SSSR count). The fourth-order valence-electron chi connectivity index (χ4n) is 8.18. The van der Waals surface area contributed by atoms with E-state index in [2.05, 4.69) is 169 Å². The molecule has 0 amide bonds. The van der Waals surface area contributed by atoms with Crippen LogP contribution in [-0.4, -0.2) is 0 Å². The minimum atomic E-state index is 1.25. The summed E-state index contributed by atoms with van der Waals surface area (Å²) in [7, 11) is 0. The lowest BCUT2D eigenvalue weighted by atomic mass is 9.85. The topological polar surface area (TPSA) is 0 Å². The summed E-state index contributed by atoms with van der Waals surface area (Å²) in [6, 6.07) is 60.8. The van der Waals surface area contributed by atoms with Crippen molar-refractivity contribution in [1.82, 2.24) is 0 Å². The Kier molecular flexibility index (Phi) is 6.09. The molecule has 2 aromatic heterocycles.